The molecule has 1 unspecified atom stereocenters. The lowest BCUT2D eigenvalue weighted by Crippen LogP contribution is -2.30. The highest BCUT2D eigenvalue weighted by Crippen LogP contribution is 2.36. The standard InChI is InChI=1S/C17H23N3O3/c1-22-11-8-16-18-17(23-19-16)12-20(9-10-21)15-7-6-13-4-2-3-5-14(13)15/h2-5,15,21H,6-12H2,1H3. The minimum absolute atomic E-state index is 0.114. The summed E-state index contributed by atoms with van der Waals surface area (Å²) >= 11 is 0. The SMILES string of the molecule is COCCc1noc(CN(CCO)C2CCc3ccccc32)n1. The fraction of sp³-hybridized carbons (Fsp3) is 0.529. The summed E-state index contributed by atoms with van der Waals surface area (Å²) < 4.78 is 10.4. The molecule has 3 rings (SSSR count). The van der Waals surface area contributed by atoms with Crippen LogP contribution in [0.3, 0.4) is 0 Å². The van der Waals surface area contributed by atoms with E-state index >= 15 is 0 Å². The summed E-state index contributed by atoms with van der Waals surface area (Å²) in [7, 11) is 1.65. The summed E-state index contributed by atoms with van der Waals surface area (Å²) in [5.74, 6) is 1.26. The molecule has 1 N–H and O–H groups in total. The predicted molar refractivity (Wildman–Crippen MR) is 84.9 cm³/mol. The number of ether oxygens (including phenoxy) is 1. The van der Waals surface area contributed by atoms with Crippen LogP contribution in [0.2, 0.25) is 0 Å². The Kier molecular flexibility index (Phi) is 5.38. The quantitative estimate of drug-likeness (QED) is 0.799. The van der Waals surface area contributed by atoms with Crippen LogP contribution >= 0.6 is 0 Å². The summed E-state index contributed by atoms with van der Waals surface area (Å²) in [5, 5.41) is 13.4. The van der Waals surface area contributed by atoms with Crippen molar-refractivity contribution in [2.24, 2.45) is 0 Å². The van der Waals surface area contributed by atoms with E-state index in [1.54, 1.807) is 7.11 Å². The second-order valence-corrected chi connectivity index (χ2v) is 5.79. The smallest absolute Gasteiger partial charge is 0.240 e. The number of aryl methyl sites for hydroxylation is 1. The van der Waals surface area contributed by atoms with Gasteiger partial charge >= 0.3 is 0 Å². The van der Waals surface area contributed by atoms with Crippen molar-refractivity contribution in [2.45, 2.75) is 31.8 Å². The van der Waals surface area contributed by atoms with Gasteiger partial charge in [0.15, 0.2) is 5.82 Å². The molecule has 0 bridgehead atoms. The molecule has 0 amide bonds. The third-order valence-corrected chi connectivity index (χ3v) is 4.31. The van der Waals surface area contributed by atoms with Gasteiger partial charge in [0.2, 0.25) is 5.89 Å². The van der Waals surface area contributed by atoms with Gasteiger partial charge in [-0.05, 0) is 24.0 Å². The molecule has 0 radical (unpaired) electrons. The summed E-state index contributed by atoms with van der Waals surface area (Å²) in [5.41, 5.74) is 2.74. The molecular formula is C17H23N3O3. The van der Waals surface area contributed by atoms with Gasteiger partial charge in [-0.2, -0.15) is 4.98 Å². The molecule has 0 saturated carbocycles. The number of nitrogens with zero attached hydrogens (tertiary/aromatic N) is 3. The van der Waals surface area contributed by atoms with E-state index in [1.807, 2.05) is 0 Å². The van der Waals surface area contributed by atoms with Crippen LogP contribution in [0.25, 0.3) is 0 Å². The van der Waals surface area contributed by atoms with E-state index in [9.17, 15) is 5.11 Å². The molecule has 124 valence electrons. The van der Waals surface area contributed by atoms with E-state index in [0.29, 0.717) is 43.9 Å². The normalized spacial score (nSPS) is 16.9. The van der Waals surface area contributed by atoms with Crippen molar-refractivity contribution in [1.29, 1.82) is 0 Å². The van der Waals surface area contributed by atoms with Crippen molar-refractivity contribution in [3.63, 3.8) is 0 Å². The number of hydrogen-bond donors (Lipinski definition) is 1. The van der Waals surface area contributed by atoms with Crippen molar-refractivity contribution >= 4 is 0 Å². The maximum absolute atomic E-state index is 9.42. The van der Waals surface area contributed by atoms with Crippen molar-refractivity contribution in [1.82, 2.24) is 15.0 Å². The van der Waals surface area contributed by atoms with Crippen LogP contribution in [0.15, 0.2) is 28.8 Å². The maximum Gasteiger partial charge on any atom is 0.240 e. The molecule has 0 saturated heterocycles. The van der Waals surface area contributed by atoms with Gasteiger partial charge in [0.05, 0.1) is 19.8 Å². The van der Waals surface area contributed by atoms with E-state index in [2.05, 4.69) is 39.3 Å². The Morgan fingerprint density at radius 2 is 2.26 bits per heavy atom. The van der Waals surface area contributed by atoms with Gasteiger partial charge < -0.3 is 14.4 Å². The third kappa shape index (κ3) is 3.77. The monoisotopic (exact) mass is 317 g/mol. The first-order valence-electron chi connectivity index (χ1n) is 8.05. The Balaban J connectivity index is 1.71. The number of aliphatic hydroxyl groups excluding tert-OH is 1. The highest BCUT2D eigenvalue weighted by atomic mass is 16.5. The fourth-order valence-corrected chi connectivity index (χ4v) is 3.21. The molecule has 6 heteroatoms. The largest absolute Gasteiger partial charge is 0.395 e. The second kappa shape index (κ2) is 7.68. The Morgan fingerprint density at radius 3 is 3.09 bits per heavy atom. The molecule has 1 heterocycles. The zero-order valence-corrected chi connectivity index (χ0v) is 13.4. The molecule has 0 spiro atoms. The summed E-state index contributed by atoms with van der Waals surface area (Å²) in [6.45, 7) is 1.84. The van der Waals surface area contributed by atoms with E-state index in [1.165, 1.54) is 11.1 Å². The molecule has 1 atom stereocenters. The van der Waals surface area contributed by atoms with Crippen LogP contribution < -0.4 is 0 Å². The Bertz CT molecular complexity index is 629. The molecular weight excluding hydrogens is 294 g/mol. The van der Waals surface area contributed by atoms with E-state index in [0.717, 1.165) is 12.8 Å². The van der Waals surface area contributed by atoms with Gasteiger partial charge in [-0.15, -0.1) is 0 Å². The van der Waals surface area contributed by atoms with Crippen LogP contribution in [0.4, 0.5) is 0 Å². The number of rotatable bonds is 8. The number of hydrogen-bond acceptors (Lipinski definition) is 6. The first kappa shape index (κ1) is 16.1. The molecule has 2 aromatic rings. The van der Waals surface area contributed by atoms with Crippen LogP contribution in [-0.4, -0.2) is 47.0 Å². The average molecular weight is 317 g/mol. The summed E-state index contributed by atoms with van der Waals surface area (Å²) in [6, 6.07) is 8.81. The molecule has 1 aliphatic carbocycles. The zero-order chi connectivity index (χ0) is 16.1. The zero-order valence-electron chi connectivity index (χ0n) is 13.4. The van der Waals surface area contributed by atoms with Crippen LogP contribution in [0.1, 0.15) is 35.3 Å². The lowest BCUT2D eigenvalue weighted by Gasteiger charge is -2.27. The topological polar surface area (TPSA) is 71.6 Å². The molecule has 6 nitrogen and oxygen atoms in total. The van der Waals surface area contributed by atoms with Crippen molar-refractivity contribution in [3.8, 4) is 0 Å². The van der Waals surface area contributed by atoms with Crippen molar-refractivity contribution < 1.29 is 14.4 Å². The number of benzene rings is 1. The average Bonchev–Trinajstić information content (AvgIpc) is 3.19. The van der Waals surface area contributed by atoms with Crippen LogP contribution in [0, 0.1) is 0 Å². The Hall–Kier alpha value is -1.76. The van der Waals surface area contributed by atoms with Crippen molar-refractivity contribution in [3.05, 3.63) is 47.1 Å². The van der Waals surface area contributed by atoms with E-state index in [4.69, 9.17) is 9.26 Å². The maximum atomic E-state index is 9.42. The van der Waals surface area contributed by atoms with Gasteiger partial charge in [0.1, 0.15) is 0 Å². The van der Waals surface area contributed by atoms with E-state index in [-0.39, 0.29) is 6.61 Å². The van der Waals surface area contributed by atoms with E-state index < -0.39 is 0 Å². The van der Waals surface area contributed by atoms with Crippen LogP contribution in [0.5, 0.6) is 0 Å². The van der Waals surface area contributed by atoms with Gasteiger partial charge in [-0.3, -0.25) is 4.90 Å². The van der Waals surface area contributed by atoms with Gasteiger partial charge in [0.25, 0.3) is 0 Å². The molecule has 0 fully saturated rings. The second-order valence-electron chi connectivity index (χ2n) is 5.79. The Labute approximate surface area is 136 Å². The molecule has 23 heavy (non-hydrogen) atoms. The molecule has 1 aliphatic rings. The fourth-order valence-electron chi connectivity index (χ4n) is 3.21. The number of aromatic nitrogens is 2. The van der Waals surface area contributed by atoms with Crippen molar-refractivity contribution in [2.75, 3.05) is 26.9 Å². The molecule has 1 aromatic heterocycles. The predicted octanol–water partition coefficient (Wildman–Crippen LogP) is 1.74. The minimum atomic E-state index is 0.114. The number of fused-ring (bicyclic) bond motifs is 1. The molecule has 1 aromatic carbocycles. The first-order valence-corrected chi connectivity index (χ1v) is 8.05. The minimum Gasteiger partial charge on any atom is -0.395 e. The van der Waals surface area contributed by atoms with Gasteiger partial charge in [0, 0.05) is 26.1 Å². The highest BCUT2D eigenvalue weighted by Gasteiger charge is 2.28. The summed E-state index contributed by atoms with van der Waals surface area (Å²) in [6.07, 6.45) is 2.78. The lowest BCUT2D eigenvalue weighted by atomic mass is 10.1. The van der Waals surface area contributed by atoms with Gasteiger partial charge in [-0.25, -0.2) is 0 Å². The third-order valence-electron chi connectivity index (χ3n) is 4.31. The number of methoxy groups -OCH3 is 1. The lowest BCUT2D eigenvalue weighted by molar-refractivity contribution is 0.128. The first-order chi connectivity index (χ1) is 11.3. The Morgan fingerprint density at radius 1 is 1.39 bits per heavy atom. The molecule has 0 aliphatic heterocycles. The highest BCUT2D eigenvalue weighted by molar-refractivity contribution is 5.34. The van der Waals surface area contributed by atoms with Gasteiger partial charge in [-0.1, -0.05) is 29.4 Å². The number of aliphatic hydroxyl groups is 1. The van der Waals surface area contributed by atoms with Crippen LogP contribution in [-0.2, 0) is 24.1 Å². The summed E-state index contributed by atoms with van der Waals surface area (Å²) in [4.78, 5) is 6.64.